The molecule has 8 heteroatoms. The van der Waals surface area contributed by atoms with Gasteiger partial charge in [-0.2, -0.15) is 5.10 Å². The first kappa shape index (κ1) is 18.8. The lowest BCUT2D eigenvalue weighted by molar-refractivity contribution is -0.384. The largest absolute Gasteiger partial charge is 0.378 e. The number of alkyl halides is 1. The predicted molar refractivity (Wildman–Crippen MR) is 105 cm³/mol. The quantitative estimate of drug-likeness (QED) is 0.447. The number of amides is 1. The van der Waals surface area contributed by atoms with Crippen molar-refractivity contribution in [1.29, 1.82) is 0 Å². The van der Waals surface area contributed by atoms with Gasteiger partial charge in [-0.1, -0.05) is 12.1 Å². The Kier molecular flexibility index (Phi) is 5.41. The van der Waals surface area contributed by atoms with Crippen LogP contribution in [-0.4, -0.2) is 41.5 Å². The minimum atomic E-state index is -0.446. The van der Waals surface area contributed by atoms with E-state index in [1.165, 1.54) is 17.1 Å². The standard InChI is InChI=1S/C19H19ClN4O3/c1-22(2)15-7-5-14(6-8-15)18-11-17(21-23(18)19(25)12-20)13-3-9-16(10-4-13)24(26)27/h3-10,18H,11-12H2,1-2H3. The third-order valence-corrected chi connectivity index (χ3v) is 4.71. The molecule has 1 amide bonds. The van der Waals surface area contributed by atoms with Gasteiger partial charge in [0.1, 0.15) is 5.88 Å². The Morgan fingerprint density at radius 3 is 2.37 bits per heavy atom. The van der Waals surface area contributed by atoms with E-state index in [4.69, 9.17) is 11.6 Å². The van der Waals surface area contributed by atoms with Gasteiger partial charge in [-0.05, 0) is 35.4 Å². The molecule has 0 aliphatic carbocycles. The number of hydrogen-bond acceptors (Lipinski definition) is 5. The van der Waals surface area contributed by atoms with E-state index >= 15 is 0 Å². The summed E-state index contributed by atoms with van der Waals surface area (Å²) in [5.74, 6) is -0.446. The number of halogens is 1. The maximum atomic E-state index is 12.3. The maximum Gasteiger partial charge on any atom is 0.269 e. The Hall–Kier alpha value is -2.93. The van der Waals surface area contributed by atoms with Gasteiger partial charge in [0, 0.05) is 38.3 Å². The second-order valence-electron chi connectivity index (χ2n) is 6.43. The second-order valence-corrected chi connectivity index (χ2v) is 6.70. The van der Waals surface area contributed by atoms with Crippen LogP contribution in [0.3, 0.4) is 0 Å². The van der Waals surface area contributed by atoms with Crippen LogP contribution in [0.15, 0.2) is 53.6 Å². The molecule has 1 atom stereocenters. The topological polar surface area (TPSA) is 79.0 Å². The molecule has 140 valence electrons. The first-order chi connectivity index (χ1) is 12.9. The fraction of sp³-hybridized carbons (Fsp3) is 0.263. The van der Waals surface area contributed by atoms with Crippen LogP contribution in [0.1, 0.15) is 23.6 Å². The molecule has 2 aromatic rings. The van der Waals surface area contributed by atoms with Gasteiger partial charge in [0.2, 0.25) is 0 Å². The number of non-ortho nitro benzene ring substituents is 1. The highest BCUT2D eigenvalue weighted by Gasteiger charge is 2.32. The van der Waals surface area contributed by atoms with Crippen molar-refractivity contribution >= 4 is 34.6 Å². The van der Waals surface area contributed by atoms with Crippen LogP contribution in [0.25, 0.3) is 0 Å². The molecule has 0 aromatic heterocycles. The highest BCUT2D eigenvalue weighted by atomic mass is 35.5. The fourth-order valence-corrected chi connectivity index (χ4v) is 3.13. The molecule has 0 bridgehead atoms. The van der Waals surface area contributed by atoms with E-state index in [1.807, 2.05) is 43.3 Å². The summed E-state index contributed by atoms with van der Waals surface area (Å²) >= 11 is 5.76. The van der Waals surface area contributed by atoms with Gasteiger partial charge in [-0.3, -0.25) is 14.9 Å². The Balaban J connectivity index is 1.90. The molecule has 0 radical (unpaired) electrons. The minimum Gasteiger partial charge on any atom is -0.378 e. The van der Waals surface area contributed by atoms with Crippen molar-refractivity contribution in [1.82, 2.24) is 5.01 Å². The molecule has 1 unspecified atom stereocenters. The first-order valence-electron chi connectivity index (χ1n) is 8.38. The molecule has 0 saturated heterocycles. The molecule has 27 heavy (non-hydrogen) atoms. The van der Waals surface area contributed by atoms with Crippen molar-refractivity contribution in [2.75, 3.05) is 24.9 Å². The lowest BCUT2D eigenvalue weighted by atomic mass is 9.98. The number of carbonyl (C=O) groups is 1. The number of benzene rings is 2. The summed E-state index contributed by atoms with van der Waals surface area (Å²) in [7, 11) is 3.92. The molecule has 0 spiro atoms. The average Bonchev–Trinajstić information content (AvgIpc) is 3.13. The Bertz CT molecular complexity index is 879. The Labute approximate surface area is 162 Å². The van der Waals surface area contributed by atoms with Crippen LogP contribution < -0.4 is 4.90 Å². The lowest BCUT2D eigenvalue weighted by Crippen LogP contribution is -2.28. The molecule has 2 aromatic carbocycles. The van der Waals surface area contributed by atoms with Crippen molar-refractivity contribution in [2.45, 2.75) is 12.5 Å². The summed E-state index contributed by atoms with van der Waals surface area (Å²) in [5.41, 5.74) is 3.48. The Morgan fingerprint density at radius 2 is 1.85 bits per heavy atom. The van der Waals surface area contributed by atoms with Gasteiger partial charge < -0.3 is 4.90 Å². The lowest BCUT2D eigenvalue weighted by Gasteiger charge is -2.22. The van der Waals surface area contributed by atoms with Crippen molar-refractivity contribution < 1.29 is 9.72 Å². The number of carbonyl (C=O) groups excluding carboxylic acids is 1. The summed E-state index contributed by atoms with van der Waals surface area (Å²) in [6, 6.07) is 13.8. The van der Waals surface area contributed by atoms with Gasteiger partial charge in [-0.25, -0.2) is 5.01 Å². The monoisotopic (exact) mass is 386 g/mol. The van der Waals surface area contributed by atoms with Crippen LogP contribution >= 0.6 is 11.6 Å². The number of hydrogen-bond donors (Lipinski definition) is 0. The minimum absolute atomic E-state index is 0.0156. The van der Waals surface area contributed by atoms with E-state index in [0.29, 0.717) is 12.1 Å². The number of hydrazone groups is 1. The van der Waals surface area contributed by atoms with Crippen LogP contribution in [0.5, 0.6) is 0 Å². The highest BCUT2D eigenvalue weighted by Crippen LogP contribution is 2.34. The van der Waals surface area contributed by atoms with Crippen LogP contribution in [0, 0.1) is 10.1 Å². The number of anilines is 1. The van der Waals surface area contributed by atoms with Crippen molar-refractivity contribution in [3.63, 3.8) is 0 Å². The van der Waals surface area contributed by atoms with E-state index in [9.17, 15) is 14.9 Å². The SMILES string of the molecule is CN(C)c1ccc(C2CC(c3ccc([N+](=O)[O-])cc3)=NN2C(=O)CCl)cc1. The number of nitro groups is 1. The molecule has 1 aliphatic heterocycles. The molecule has 0 saturated carbocycles. The van der Waals surface area contributed by atoms with E-state index in [2.05, 4.69) is 5.10 Å². The van der Waals surface area contributed by atoms with E-state index < -0.39 is 4.92 Å². The summed E-state index contributed by atoms with van der Waals surface area (Å²) in [6.45, 7) is 0. The Morgan fingerprint density at radius 1 is 1.22 bits per heavy atom. The summed E-state index contributed by atoms with van der Waals surface area (Å²) in [5, 5.41) is 16.7. The van der Waals surface area contributed by atoms with E-state index in [0.717, 1.165) is 16.8 Å². The molecular formula is C19H19ClN4O3. The molecular weight excluding hydrogens is 368 g/mol. The smallest absolute Gasteiger partial charge is 0.269 e. The molecule has 7 nitrogen and oxygen atoms in total. The zero-order valence-corrected chi connectivity index (χ0v) is 15.8. The number of nitrogens with zero attached hydrogens (tertiary/aromatic N) is 4. The number of nitro benzene ring substituents is 1. The van der Waals surface area contributed by atoms with Crippen molar-refractivity contribution in [3.8, 4) is 0 Å². The zero-order chi connectivity index (χ0) is 19.6. The molecule has 0 N–H and O–H groups in total. The van der Waals surface area contributed by atoms with E-state index in [1.54, 1.807) is 12.1 Å². The van der Waals surface area contributed by atoms with Gasteiger partial charge in [-0.15, -0.1) is 11.6 Å². The molecule has 3 rings (SSSR count). The highest BCUT2D eigenvalue weighted by molar-refractivity contribution is 6.27. The van der Waals surface area contributed by atoms with Crippen LogP contribution in [0.4, 0.5) is 11.4 Å². The summed E-state index contributed by atoms with van der Waals surface area (Å²) < 4.78 is 0. The number of rotatable bonds is 5. The van der Waals surface area contributed by atoms with Crippen LogP contribution in [-0.2, 0) is 4.79 Å². The van der Waals surface area contributed by atoms with Gasteiger partial charge >= 0.3 is 0 Å². The average molecular weight is 387 g/mol. The summed E-state index contributed by atoms with van der Waals surface area (Å²) in [4.78, 5) is 24.7. The first-order valence-corrected chi connectivity index (χ1v) is 8.91. The third kappa shape index (κ3) is 3.93. The second kappa shape index (κ2) is 7.75. The van der Waals surface area contributed by atoms with Gasteiger partial charge in [0.15, 0.2) is 0 Å². The molecule has 0 fully saturated rings. The van der Waals surface area contributed by atoms with Crippen molar-refractivity contribution in [3.05, 3.63) is 69.8 Å². The zero-order valence-electron chi connectivity index (χ0n) is 15.0. The summed E-state index contributed by atoms with van der Waals surface area (Å²) in [6.07, 6.45) is 0.516. The fourth-order valence-electron chi connectivity index (χ4n) is 3.01. The molecule has 1 aliphatic rings. The van der Waals surface area contributed by atoms with Crippen LogP contribution in [0.2, 0.25) is 0 Å². The maximum absolute atomic E-state index is 12.3. The van der Waals surface area contributed by atoms with Gasteiger partial charge in [0.05, 0.1) is 16.7 Å². The third-order valence-electron chi connectivity index (χ3n) is 4.49. The predicted octanol–water partition coefficient (Wildman–Crippen LogP) is 3.58. The molecule has 1 heterocycles. The van der Waals surface area contributed by atoms with Gasteiger partial charge in [0.25, 0.3) is 11.6 Å². The van der Waals surface area contributed by atoms with Crippen molar-refractivity contribution in [2.24, 2.45) is 5.10 Å². The normalized spacial score (nSPS) is 16.2. The van der Waals surface area contributed by atoms with E-state index in [-0.39, 0.29) is 23.5 Å².